The average molecular weight is 758 g/mol. The van der Waals surface area contributed by atoms with Gasteiger partial charge in [-0.2, -0.15) is 0 Å². The van der Waals surface area contributed by atoms with Gasteiger partial charge in [0.1, 0.15) is 6.61 Å². The second-order valence-corrected chi connectivity index (χ2v) is 15.6. The van der Waals surface area contributed by atoms with Crippen LogP contribution in [-0.4, -0.2) is 56.3 Å². The molecule has 2 N–H and O–H groups in total. The average Bonchev–Trinajstić information content (AvgIpc) is 3.12. The lowest BCUT2D eigenvalue weighted by Crippen LogP contribution is -2.29. The maximum Gasteiger partial charge on any atom is 0.472 e. The van der Waals surface area contributed by atoms with Crippen molar-refractivity contribution >= 4 is 19.8 Å². The smallest absolute Gasteiger partial charge is 0.462 e. The molecule has 10 heteroatoms. The highest BCUT2D eigenvalue weighted by atomic mass is 31.2. The Bertz CT molecular complexity index is 912. The van der Waals surface area contributed by atoms with Crippen molar-refractivity contribution in [1.29, 1.82) is 0 Å². The van der Waals surface area contributed by atoms with Crippen molar-refractivity contribution in [3.8, 4) is 0 Å². The molecule has 0 amide bonds. The number of unbranched alkanes of at least 4 members (excludes halogenated alkanes) is 22. The molecule has 0 radical (unpaired) electrons. The highest BCUT2D eigenvalue weighted by molar-refractivity contribution is 7.47. The van der Waals surface area contributed by atoms with E-state index in [-0.39, 0.29) is 32.0 Å². The van der Waals surface area contributed by atoms with Gasteiger partial charge in [0.05, 0.1) is 13.2 Å². The summed E-state index contributed by atoms with van der Waals surface area (Å²) < 4.78 is 33.1. The molecule has 0 fully saturated rings. The van der Waals surface area contributed by atoms with Gasteiger partial charge in [0, 0.05) is 19.4 Å². The summed E-state index contributed by atoms with van der Waals surface area (Å²) in [5.41, 5.74) is 0. The number of allylic oxidation sites excluding steroid dienone is 4. The first-order chi connectivity index (χ1) is 25.3. The normalized spacial score (nSPS) is 13.5. The van der Waals surface area contributed by atoms with Crippen LogP contribution in [0.2, 0.25) is 0 Å². The summed E-state index contributed by atoms with van der Waals surface area (Å²) in [5.74, 6) is -0.822. The van der Waals surface area contributed by atoms with Crippen LogP contribution in [0.4, 0.5) is 0 Å². The highest BCUT2D eigenvalue weighted by Crippen LogP contribution is 2.43. The Balaban J connectivity index is 4.25. The van der Waals surface area contributed by atoms with E-state index in [9.17, 15) is 19.0 Å². The number of rotatable bonds is 40. The number of ether oxygens (including phenoxy) is 2. The maximum atomic E-state index is 12.6. The molecule has 9 nitrogen and oxygen atoms in total. The Morgan fingerprint density at radius 1 is 0.577 bits per heavy atom. The molecule has 0 saturated heterocycles. The zero-order valence-electron chi connectivity index (χ0n) is 33.8. The number of likely N-dealkylation sites (N-methyl/N-ethyl adjacent to an activating group) is 1. The van der Waals surface area contributed by atoms with Crippen molar-refractivity contribution in [3.05, 3.63) is 24.3 Å². The van der Waals surface area contributed by atoms with Crippen LogP contribution in [0.3, 0.4) is 0 Å². The van der Waals surface area contributed by atoms with Crippen LogP contribution < -0.4 is 5.32 Å². The first-order valence-corrected chi connectivity index (χ1v) is 22.8. The predicted octanol–water partition coefficient (Wildman–Crippen LogP) is 11.9. The molecular formula is C42H80NO8P. The molecule has 0 aromatic carbocycles. The molecule has 2 atom stereocenters. The van der Waals surface area contributed by atoms with Crippen molar-refractivity contribution in [2.75, 3.05) is 33.4 Å². The third-order valence-electron chi connectivity index (χ3n) is 9.04. The lowest BCUT2D eigenvalue weighted by molar-refractivity contribution is -0.161. The van der Waals surface area contributed by atoms with Gasteiger partial charge in [-0.05, 0) is 71.3 Å². The highest BCUT2D eigenvalue weighted by Gasteiger charge is 2.26. The lowest BCUT2D eigenvalue weighted by Gasteiger charge is -2.20. The molecule has 0 heterocycles. The van der Waals surface area contributed by atoms with E-state index in [1.54, 1.807) is 7.05 Å². The fourth-order valence-corrected chi connectivity index (χ4v) is 6.53. The van der Waals surface area contributed by atoms with E-state index in [1.165, 1.54) is 89.9 Å². The second-order valence-electron chi connectivity index (χ2n) is 14.2. The molecule has 0 bridgehead atoms. The van der Waals surface area contributed by atoms with E-state index in [0.717, 1.165) is 70.6 Å². The van der Waals surface area contributed by atoms with Gasteiger partial charge in [0.15, 0.2) is 6.10 Å². The van der Waals surface area contributed by atoms with Gasteiger partial charge in [-0.3, -0.25) is 18.6 Å². The van der Waals surface area contributed by atoms with E-state index in [0.29, 0.717) is 13.0 Å². The zero-order chi connectivity index (χ0) is 38.2. The molecule has 306 valence electrons. The largest absolute Gasteiger partial charge is 0.472 e. The number of nitrogens with one attached hydrogen (secondary N) is 1. The van der Waals surface area contributed by atoms with Gasteiger partial charge in [0.25, 0.3) is 0 Å². The Kier molecular flexibility index (Phi) is 38.1. The Labute approximate surface area is 319 Å². The Morgan fingerprint density at radius 3 is 1.42 bits per heavy atom. The van der Waals surface area contributed by atoms with Crippen LogP contribution >= 0.6 is 7.82 Å². The summed E-state index contributed by atoms with van der Waals surface area (Å²) in [6.07, 6.45) is 39.3. The first kappa shape index (κ1) is 50.5. The Hall–Kier alpha value is -1.51. The molecule has 2 unspecified atom stereocenters. The topological polar surface area (TPSA) is 120 Å². The summed E-state index contributed by atoms with van der Waals surface area (Å²) in [4.78, 5) is 35.0. The fourth-order valence-electron chi connectivity index (χ4n) is 5.78. The van der Waals surface area contributed by atoms with Crippen LogP contribution in [0.5, 0.6) is 0 Å². The van der Waals surface area contributed by atoms with E-state index in [4.69, 9.17) is 18.5 Å². The van der Waals surface area contributed by atoms with Crippen molar-refractivity contribution < 1.29 is 37.6 Å². The van der Waals surface area contributed by atoms with Gasteiger partial charge in [-0.1, -0.05) is 141 Å². The quantitative estimate of drug-likeness (QED) is 0.0272. The molecule has 0 saturated carbocycles. The predicted molar refractivity (Wildman–Crippen MR) is 215 cm³/mol. The summed E-state index contributed by atoms with van der Waals surface area (Å²) in [7, 11) is -2.65. The van der Waals surface area contributed by atoms with E-state index in [1.807, 2.05) is 0 Å². The molecule has 0 aliphatic rings. The molecule has 0 aromatic heterocycles. The summed E-state index contributed by atoms with van der Waals surface area (Å²) >= 11 is 0. The van der Waals surface area contributed by atoms with Gasteiger partial charge < -0.3 is 19.7 Å². The lowest BCUT2D eigenvalue weighted by atomic mass is 10.1. The van der Waals surface area contributed by atoms with Crippen molar-refractivity contribution in [2.24, 2.45) is 0 Å². The van der Waals surface area contributed by atoms with Crippen molar-refractivity contribution in [1.82, 2.24) is 5.32 Å². The number of carbonyl (C=O) groups excluding carboxylic acids is 2. The van der Waals surface area contributed by atoms with Gasteiger partial charge in [-0.25, -0.2) is 4.57 Å². The first-order valence-electron chi connectivity index (χ1n) is 21.3. The SMILES string of the molecule is CCCCCCCC/C=C\CCCCCCCC(=O)OCC(COP(=O)(O)OCCNC)OC(=O)CCCCCCC/C=C\CCCCCCCC. The minimum absolute atomic E-state index is 0.0187. The molecule has 0 rings (SSSR count). The molecule has 0 aliphatic heterocycles. The van der Waals surface area contributed by atoms with Crippen molar-refractivity contribution in [3.63, 3.8) is 0 Å². The van der Waals surface area contributed by atoms with Crippen LogP contribution in [0.1, 0.15) is 194 Å². The van der Waals surface area contributed by atoms with Gasteiger partial charge in [-0.15, -0.1) is 0 Å². The number of hydrogen-bond acceptors (Lipinski definition) is 8. The standard InChI is InChI=1S/C42H80NO8P/c1-4-6-8-10-12-14-16-18-20-22-24-26-28-30-32-34-41(44)48-38-40(39-50-52(46,47)49-37-36-43-3)51-42(45)35-33-31-29-27-25-23-21-19-17-15-13-11-9-7-5-2/h18-21,40,43H,4-17,22-39H2,1-3H3,(H,46,47)/b20-18-,21-19-. The van der Waals surface area contributed by atoms with Crippen LogP contribution in [0, 0.1) is 0 Å². The maximum absolute atomic E-state index is 12.6. The third-order valence-corrected chi connectivity index (χ3v) is 10.0. The number of phosphoric acid groups is 1. The Morgan fingerprint density at radius 2 is 0.981 bits per heavy atom. The zero-order valence-corrected chi connectivity index (χ0v) is 34.7. The fraction of sp³-hybridized carbons (Fsp3) is 0.857. The second kappa shape index (κ2) is 39.2. The van der Waals surface area contributed by atoms with Gasteiger partial charge >= 0.3 is 19.8 Å². The third kappa shape index (κ3) is 38.2. The number of carbonyl (C=O) groups is 2. The summed E-state index contributed by atoms with van der Waals surface area (Å²) in [6.45, 7) is 4.20. The molecule has 52 heavy (non-hydrogen) atoms. The number of hydrogen-bond donors (Lipinski definition) is 2. The van der Waals surface area contributed by atoms with E-state index in [2.05, 4.69) is 43.5 Å². The van der Waals surface area contributed by atoms with Crippen LogP contribution in [0.15, 0.2) is 24.3 Å². The molecule has 0 spiro atoms. The molecule has 0 aliphatic carbocycles. The number of esters is 2. The molecular weight excluding hydrogens is 677 g/mol. The minimum Gasteiger partial charge on any atom is -0.462 e. The monoisotopic (exact) mass is 758 g/mol. The van der Waals surface area contributed by atoms with E-state index >= 15 is 0 Å². The summed E-state index contributed by atoms with van der Waals surface area (Å²) in [6, 6.07) is 0. The van der Waals surface area contributed by atoms with Crippen molar-refractivity contribution in [2.45, 2.75) is 200 Å². The van der Waals surface area contributed by atoms with Crippen LogP contribution in [0.25, 0.3) is 0 Å². The van der Waals surface area contributed by atoms with Crippen LogP contribution in [-0.2, 0) is 32.7 Å². The number of phosphoric ester groups is 1. The minimum atomic E-state index is -4.35. The summed E-state index contributed by atoms with van der Waals surface area (Å²) in [5, 5.41) is 2.82. The van der Waals surface area contributed by atoms with E-state index < -0.39 is 26.5 Å². The molecule has 0 aromatic rings. The van der Waals surface area contributed by atoms with Gasteiger partial charge in [0.2, 0.25) is 0 Å².